The number of rotatable bonds is 4. The highest BCUT2D eigenvalue weighted by Gasteiger charge is 2.19. The Morgan fingerprint density at radius 1 is 1.10 bits per heavy atom. The molecular formula is C14H16N2O3S. The van der Waals surface area contributed by atoms with Crippen molar-refractivity contribution in [3.8, 4) is 5.75 Å². The van der Waals surface area contributed by atoms with E-state index in [-0.39, 0.29) is 10.6 Å². The molecule has 0 bridgehead atoms. The van der Waals surface area contributed by atoms with Crippen LogP contribution in [-0.2, 0) is 10.0 Å². The lowest BCUT2D eigenvalue weighted by Gasteiger charge is -2.12. The van der Waals surface area contributed by atoms with E-state index < -0.39 is 10.0 Å². The predicted octanol–water partition coefficient (Wildman–Crippen LogP) is 2.39. The van der Waals surface area contributed by atoms with Gasteiger partial charge in [0.25, 0.3) is 10.0 Å². The summed E-state index contributed by atoms with van der Waals surface area (Å²) in [6.07, 6.45) is 0. The molecule has 0 saturated carbocycles. The molecule has 2 aromatic rings. The second-order valence-electron chi connectivity index (χ2n) is 4.38. The van der Waals surface area contributed by atoms with Gasteiger partial charge in [0.05, 0.1) is 7.11 Å². The van der Waals surface area contributed by atoms with Crippen LogP contribution in [0.15, 0.2) is 47.4 Å². The first kappa shape index (κ1) is 14.2. The molecule has 2 aromatic carbocycles. The molecule has 2 rings (SSSR count). The molecule has 0 aliphatic heterocycles. The summed E-state index contributed by atoms with van der Waals surface area (Å²) in [7, 11) is -2.31. The second kappa shape index (κ2) is 5.42. The van der Waals surface area contributed by atoms with Crippen molar-refractivity contribution in [1.29, 1.82) is 0 Å². The Morgan fingerprint density at radius 3 is 2.35 bits per heavy atom. The molecule has 5 nitrogen and oxygen atoms in total. The van der Waals surface area contributed by atoms with E-state index >= 15 is 0 Å². The molecule has 0 radical (unpaired) electrons. The van der Waals surface area contributed by atoms with Crippen LogP contribution >= 0.6 is 0 Å². The normalized spacial score (nSPS) is 11.1. The van der Waals surface area contributed by atoms with E-state index in [4.69, 9.17) is 10.5 Å². The van der Waals surface area contributed by atoms with Crippen LogP contribution in [0.1, 0.15) is 5.56 Å². The molecule has 0 amide bonds. The Bertz CT molecular complexity index is 710. The molecule has 0 aliphatic carbocycles. The maximum absolute atomic E-state index is 12.3. The Balaban J connectivity index is 2.38. The number of ether oxygens (including phenoxy) is 1. The van der Waals surface area contributed by atoms with Gasteiger partial charge < -0.3 is 10.5 Å². The minimum absolute atomic E-state index is 0.0507. The van der Waals surface area contributed by atoms with Crippen molar-refractivity contribution in [3.63, 3.8) is 0 Å². The number of methoxy groups -OCH3 is 1. The minimum Gasteiger partial charge on any atom is -0.495 e. The van der Waals surface area contributed by atoms with Crippen LogP contribution in [0.25, 0.3) is 0 Å². The summed E-state index contributed by atoms with van der Waals surface area (Å²) in [5.41, 5.74) is 7.61. The van der Waals surface area contributed by atoms with E-state index in [9.17, 15) is 8.42 Å². The van der Waals surface area contributed by atoms with E-state index in [2.05, 4.69) is 4.72 Å². The van der Waals surface area contributed by atoms with Gasteiger partial charge >= 0.3 is 0 Å². The zero-order valence-corrected chi connectivity index (χ0v) is 12.1. The average Bonchev–Trinajstić information content (AvgIpc) is 2.40. The van der Waals surface area contributed by atoms with Gasteiger partial charge in [-0.3, -0.25) is 4.72 Å². The van der Waals surface area contributed by atoms with Gasteiger partial charge in [0.15, 0.2) is 0 Å². The summed E-state index contributed by atoms with van der Waals surface area (Å²) >= 11 is 0. The summed E-state index contributed by atoms with van der Waals surface area (Å²) in [5, 5.41) is 0. The maximum Gasteiger partial charge on any atom is 0.265 e. The Kier molecular flexibility index (Phi) is 3.85. The van der Waals surface area contributed by atoms with Gasteiger partial charge in [0, 0.05) is 17.4 Å². The van der Waals surface area contributed by atoms with E-state index in [1.54, 1.807) is 12.1 Å². The zero-order valence-electron chi connectivity index (χ0n) is 11.3. The molecule has 106 valence electrons. The molecule has 0 spiro atoms. The Labute approximate surface area is 118 Å². The van der Waals surface area contributed by atoms with Crippen molar-refractivity contribution in [2.24, 2.45) is 0 Å². The van der Waals surface area contributed by atoms with Gasteiger partial charge in [-0.2, -0.15) is 0 Å². The van der Waals surface area contributed by atoms with Crippen LogP contribution in [0, 0.1) is 6.92 Å². The van der Waals surface area contributed by atoms with Gasteiger partial charge in [-0.1, -0.05) is 17.7 Å². The first-order valence-electron chi connectivity index (χ1n) is 5.95. The van der Waals surface area contributed by atoms with Crippen LogP contribution in [0.4, 0.5) is 11.4 Å². The van der Waals surface area contributed by atoms with Gasteiger partial charge in [-0.15, -0.1) is 0 Å². The number of hydrogen-bond donors (Lipinski definition) is 2. The highest BCUT2D eigenvalue weighted by molar-refractivity contribution is 7.92. The number of aryl methyl sites for hydroxylation is 1. The quantitative estimate of drug-likeness (QED) is 0.848. The molecule has 0 fully saturated rings. The van der Waals surface area contributed by atoms with Crippen LogP contribution in [0.3, 0.4) is 0 Å². The molecule has 0 aliphatic rings. The summed E-state index contributed by atoms with van der Waals surface area (Å²) in [6.45, 7) is 1.93. The second-order valence-corrected chi connectivity index (χ2v) is 6.03. The molecule has 0 atom stereocenters. The van der Waals surface area contributed by atoms with E-state index in [0.29, 0.717) is 11.4 Å². The molecular weight excluding hydrogens is 276 g/mol. The fourth-order valence-electron chi connectivity index (χ4n) is 1.74. The van der Waals surface area contributed by atoms with Gasteiger partial charge in [-0.05, 0) is 31.2 Å². The molecule has 3 N–H and O–H groups in total. The van der Waals surface area contributed by atoms with Gasteiger partial charge in [0.1, 0.15) is 10.6 Å². The van der Waals surface area contributed by atoms with Crippen LogP contribution in [-0.4, -0.2) is 15.5 Å². The highest BCUT2D eigenvalue weighted by Crippen LogP contribution is 2.27. The minimum atomic E-state index is -3.72. The van der Waals surface area contributed by atoms with E-state index in [1.807, 2.05) is 19.1 Å². The van der Waals surface area contributed by atoms with Crippen LogP contribution < -0.4 is 15.2 Å². The third-order valence-corrected chi connectivity index (χ3v) is 4.20. The molecule has 6 heteroatoms. The maximum atomic E-state index is 12.3. The molecule has 0 saturated heterocycles. The summed E-state index contributed by atoms with van der Waals surface area (Å²) in [5.74, 6) is 0.213. The molecule has 20 heavy (non-hydrogen) atoms. The topological polar surface area (TPSA) is 81.4 Å². The zero-order chi connectivity index (χ0) is 14.8. The smallest absolute Gasteiger partial charge is 0.265 e. The number of nitrogen functional groups attached to an aromatic ring is 1. The number of anilines is 2. The Hall–Kier alpha value is -2.21. The number of sulfonamides is 1. The fraction of sp³-hybridized carbons (Fsp3) is 0.143. The first-order valence-corrected chi connectivity index (χ1v) is 7.44. The fourth-order valence-corrected chi connectivity index (χ4v) is 2.95. The van der Waals surface area contributed by atoms with Crippen LogP contribution in [0.2, 0.25) is 0 Å². The highest BCUT2D eigenvalue weighted by atomic mass is 32.2. The number of nitrogens with two attached hydrogens (primary N) is 1. The van der Waals surface area contributed by atoms with Crippen LogP contribution in [0.5, 0.6) is 5.75 Å². The standard InChI is InChI=1S/C14H16N2O3S/c1-10-3-6-12(7-4-10)16-20(17,18)14-8-5-11(15)9-13(14)19-2/h3-9,16H,15H2,1-2H3. The predicted molar refractivity (Wildman–Crippen MR) is 79.4 cm³/mol. The third kappa shape index (κ3) is 3.03. The SMILES string of the molecule is COc1cc(N)ccc1S(=O)(=O)Nc1ccc(C)cc1. The molecule has 0 unspecified atom stereocenters. The largest absolute Gasteiger partial charge is 0.495 e. The van der Waals surface area contributed by atoms with Gasteiger partial charge in [-0.25, -0.2) is 8.42 Å². The number of hydrogen-bond acceptors (Lipinski definition) is 4. The van der Waals surface area contributed by atoms with E-state index in [0.717, 1.165) is 5.56 Å². The van der Waals surface area contributed by atoms with Gasteiger partial charge in [0.2, 0.25) is 0 Å². The molecule has 0 heterocycles. The van der Waals surface area contributed by atoms with Crippen molar-refractivity contribution < 1.29 is 13.2 Å². The van der Waals surface area contributed by atoms with Crippen molar-refractivity contribution in [3.05, 3.63) is 48.0 Å². The lowest BCUT2D eigenvalue weighted by atomic mass is 10.2. The summed E-state index contributed by atoms with van der Waals surface area (Å²) in [4.78, 5) is 0.0507. The van der Waals surface area contributed by atoms with Crippen molar-refractivity contribution in [2.45, 2.75) is 11.8 Å². The van der Waals surface area contributed by atoms with Crippen molar-refractivity contribution in [2.75, 3.05) is 17.6 Å². The first-order chi connectivity index (χ1) is 9.42. The van der Waals surface area contributed by atoms with Crippen molar-refractivity contribution >= 4 is 21.4 Å². The van der Waals surface area contributed by atoms with Crippen molar-refractivity contribution in [1.82, 2.24) is 0 Å². The van der Waals surface area contributed by atoms with E-state index in [1.165, 1.54) is 25.3 Å². The lowest BCUT2D eigenvalue weighted by Crippen LogP contribution is -2.14. The summed E-state index contributed by atoms with van der Waals surface area (Å²) < 4.78 is 32.3. The lowest BCUT2D eigenvalue weighted by molar-refractivity contribution is 0.403. The number of nitrogens with one attached hydrogen (secondary N) is 1. The number of benzene rings is 2. The summed E-state index contributed by atoms with van der Waals surface area (Å²) in [6, 6.07) is 11.5. The Morgan fingerprint density at radius 2 is 1.75 bits per heavy atom. The third-order valence-electron chi connectivity index (χ3n) is 2.78. The molecule has 0 aromatic heterocycles. The monoisotopic (exact) mass is 292 g/mol. The average molecular weight is 292 g/mol.